The molecule has 0 amide bonds. The Bertz CT molecular complexity index is 250. The molecule has 1 aromatic heterocycles. The zero-order valence-corrected chi connectivity index (χ0v) is 8.80. The monoisotopic (exact) mass is 201 g/mol. The molecule has 1 aromatic rings. The molecular weight excluding hydrogens is 186 g/mol. The number of aryl methyl sites for hydroxylation is 1. The fourth-order valence-corrected chi connectivity index (χ4v) is 1.86. The van der Waals surface area contributed by atoms with Crippen molar-refractivity contribution in [1.82, 2.24) is 5.16 Å². The number of aromatic nitrogens is 1. The second-order valence-corrected chi connectivity index (χ2v) is 4.27. The van der Waals surface area contributed by atoms with Gasteiger partial charge in [0.2, 0.25) is 0 Å². The minimum atomic E-state index is 0.252. The zero-order chi connectivity index (χ0) is 9.68. The van der Waals surface area contributed by atoms with Crippen LogP contribution < -0.4 is 0 Å². The van der Waals surface area contributed by atoms with Crippen LogP contribution in [0.3, 0.4) is 0 Å². The molecule has 0 aliphatic carbocycles. The highest BCUT2D eigenvalue weighted by Crippen LogP contribution is 2.15. The summed E-state index contributed by atoms with van der Waals surface area (Å²) in [5.41, 5.74) is 0.922. The average molecular weight is 201 g/mol. The molecule has 0 saturated carbocycles. The van der Waals surface area contributed by atoms with E-state index in [1.54, 1.807) is 11.8 Å². The van der Waals surface area contributed by atoms with E-state index in [4.69, 9.17) is 9.63 Å². The van der Waals surface area contributed by atoms with Crippen molar-refractivity contribution in [2.75, 3.05) is 12.4 Å². The lowest BCUT2D eigenvalue weighted by Crippen LogP contribution is -2.03. The third kappa shape index (κ3) is 3.83. The molecule has 0 aliphatic heterocycles. The first-order valence-corrected chi connectivity index (χ1v) is 5.48. The fraction of sp³-hybridized carbons (Fsp3) is 0.667. The lowest BCUT2D eigenvalue weighted by molar-refractivity contribution is 0.250. The van der Waals surface area contributed by atoms with Gasteiger partial charge in [-0.05, 0) is 18.6 Å². The largest absolute Gasteiger partial charge is 0.396 e. The topological polar surface area (TPSA) is 46.3 Å². The van der Waals surface area contributed by atoms with Gasteiger partial charge in [0.1, 0.15) is 5.76 Å². The molecule has 3 nitrogen and oxygen atoms in total. The van der Waals surface area contributed by atoms with E-state index in [-0.39, 0.29) is 6.61 Å². The molecule has 13 heavy (non-hydrogen) atoms. The smallest absolute Gasteiger partial charge is 0.146 e. The summed E-state index contributed by atoms with van der Waals surface area (Å²) in [5.74, 6) is 3.06. The molecule has 0 bridgehead atoms. The van der Waals surface area contributed by atoms with Crippen LogP contribution >= 0.6 is 11.8 Å². The second kappa shape index (κ2) is 5.29. The van der Waals surface area contributed by atoms with Crippen LogP contribution in [0, 0.1) is 12.8 Å². The van der Waals surface area contributed by atoms with Crippen molar-refractivity contribution >= 4 is 11.8 Å². The predicted octanol–water partition coefficient (Wildman–Crippen LogP) is 1.84. The standard InChI is InChI=1S/C9H15NO2S/c1-7(4-11)5-13-6-9-3-8(2)10-12-9/h3,7,11H,4-6H2,1-2H3. The molecule has 0 aromatic carbocycles. The number of aliphatic hydroxyl groups excluding tert-OH is 1. The maximum absolute atomic E-state index is 8.79. The molecular formula is C9H15NO2S. The van der Waals surface area contributed by atoms with Gasteiger partial charge in [-0.1, -0.05) is 12.1 Å². The fourth-order valence-electron chi connectivity index (χ4n) is 0.898. The van der Waals surface area contributed by atoms with Gasteiger partial charge >= 0.3 is 0 Å². The second-order valence-electron chi connectivity index (χ2n) is 3.24. The van der Waals surface area contributed by atoms with Crippen LogP contribution in [0.25, 0.3) is 0 Å². The van der Waals surface area contributed by atoms with E-state index in [0.717, 1.165) is 23.0 Å². The highest BCUT2D eigenvalue weighted by Gasteiger charge is 2.03. The van der Waals surface area contributed by atoms with E-state index in [1.165, 1.54) is 0 Å². The summed E-state index contributed by atoms with van der Waals surface area (Å²) in [6.45, 7) is 4.19. The molecule has 0 spiro atoms. The highest BCUT2D eigenvalue weighted by atomic mass is 32.2. The van der Waals surface area contributed by atoms with Crippen molar-refractivity contribution in [3.05, 3.63) is 17.5 Å². The number of hydrogen-bond acceptors (Lipinski definition) is 4. The molecule has 1 heterocycles. The van der Waals surface area contributed by atoms with E-state index >= 15 is 0 Å². The van der Waals surface area contributed by atoms with E-state index in [2.05, 4.69) is 5.16 Å². The number of thioether (sulfide) groups is 1. The number of rotatable bonds is 5. The van der Waals surface area contributed by atoms with Crippen LogP contribution in [-0.2, 0) is 5.75 Å². The van der Waals surface area contributed by atoms with Gasteiger partial charge in [-0.3, -0.25) is 0 Å². The molecule has 0 fully saturated rings. The van der Waals surface area contributed by atoms with E-state index in [0.29, 0.717) is 5.92 Å². The van der Waals surface area contributed by atoms with Gasteiger partial charge in [0.15, 0.2) is 0 Å². The molecule has 74 valence electrons. The number of aliphatic hydroxyl groups is 1. The Morgan fingerprint density at radius 2 is 2.46 bits per heavy atom. The lowest BCUT2D eigenvalue weighted by atomic mass is 10.2. The quantitative estimate of drug-likeness (QED) is 0.789. The normalized spacial score (nSPS) is 13.2. The molecule has 0 saturated heterocycles. The van der Waals surface area contributed by atoms with Crippen LogP contribution in [0.5, 0.6) is 0 Å². The average Bonchev–Trinajstić information content (AvgIpc) is 2.51. The minimum absolute atomic E-state index is 0.252. The Balaban J connectivity index is 2.20. The Morgan fingerprint density at radius 3 is 3.00 bits per heavy atom. The molecule has 4 heteroatoms. The van der Waals surface area contributed by atoms with Crippen molar-refractivity contribution in [2.24, 2.45) is 5.92 Å². The SMILES string of the molecule is Cc1cc(CSCC(C)CO)on1. The van der Waals surface area contributed by atoms with Gasteiger partial charge in [-0.25, -0.2) is 0 Å². The summed E-state index contributed by atoms with van der Waals surface area (Å²) in [6.07, 6.45) is 0. The molecule has 0 radical (unpaired) electrons. The van der Waals surface area contributed by atoms with Gasteiger partial charge < -0.3 is 9.63 Å². The summed E-state index contributed by atoms with van der Waals surface area (Å²) >= 11 is 1.76. The van der Waals surface area contributed by atoms with Gasteiger partial charge in [-0.2, -0.15) is 11.8 Å². The summed E-state index contributed by atoms with van der Waals surface area (Å²) in [6, 6.07) is 1.94. The zero-order valence-electron chi connectivity index (χ0n) is 7.99. The van der Waals surface area contributed by atoms with Gasteiger partial charge in [-0.15, -0.1) is 0 Å². The molecule has 1 atom stereocenters. The molecule has 1 rings (SSSR count). The van der Waals surface area contributed by atoms with Crippen molar-refractivity contribution < 1.29 is 9.63 Å². The van der Waals surface area contributed by atoms with Crippen LogP contribution in [0.2, 0.25) is 0 Å². The highest BCUT2D eigenvalue weighted by molar-refractivity contribution is 7.98. The van der Waals surface area contributed by atoms with Gasteiger partial charge in [0.05, 0.1) is 11.4 Å². The Kier molecular flexibility index (Phi) is 4.32. The summed E-state index contributed by atoms with van der Waals surface area (Å²) < 4.78 is 5.05. The third-order valence-corrected chi connectivity index (χ3v) is 2.93. The minimum Gasteiger partial charge on any atom is -0.396 e. The Morgan fingerprint density at radius 1 is 1.69 bits per heavy atom. The first-order chi connectivity index (χ1) is 6.22. The molecule has 1 unspecified atom stereocenters. The molecule has 0 aliphatic rings. The van der Waals surface area contributed by atoms with Gasteiger partial charge in [0.25, 0.3) is 0 Å². The van der Waals surface area contributed by atoms with Crippen LogP contribution in [-0.4, -0.2) is 22.6 Å². The summed E-state index contributed by atoms with van der Waals surface area (Å²) in [5, 5.41) is 12.6. The lowest BCUT2D eigenvalue weighted by Gasteiger charge is -2.04. The maximum Gasteiger partial charge on any atom is 0.146 e. The summed E-state index contributed by atoms with van der Waals surface area (Å²) in [4.78, 5) is 0. The van der Waals surface area contributed by atoms with Crippen LogP contribution in [0.15, 0.2) is 10.6 Å². The first-order valence-electron chi connectivity index (χ1n) is 4.33. The van der Waals surface area contributed by atoms with E-state index < -0.39 is 0 Å². The van der Waals surface area contributed by atoms with Gasteiger partial charge in [0, 0.05) is 12.7 Å². The number of nitrogens with zero attached hydrogens (tertiary/aromatic N) is 1. The maximum atomic E-state index is 8.79. The summed E-state index contributed by atoms with van der Waals surface area (Å²) in [7, 11) is 0. The molecule has 1 N–H and O–H groups in total. The van der Waals surface area contributed by atoms with Crippen molar-refractivity contribution in [2.45, 2.75) is 19.6 Å². The van der Waals surface area contributed by atoms with E-state index in [1.807, 2.05) is 19.9 Å². The van der Waals surface area contributed by atoms with Crippen LogP contribution in [0.4, 0.5) is 0 Å². The van der Waals surface area contributed by atoms with Crippen molar-refractivity contribution in [3.8, 4) is 0 Å². The van der Waals surface area contributed by atoms with Crippen molar-refractivity contribution in [3.63, 3.8) is 0 Å². The van der Waals surface area contributed by atoms with Crippen molar-refractivity contribution in [1.29, 1.82) is 0 Å². The number of hydrogen-bond donors (Lipinski definition) is 1. The third-order valence-electron chi connectivity index (χ3n) is 1.64. The van der Waals surface area contributed by atoms with Crippen LogP contribution in [0.1, 0.15) is 18.4 Å². The first kappa shape index (κ1) is 10.6. The van der Waals surface area contributed by atoms with E-state index in [9.17, 15) is 0 Å². The predicted molar refractivity (Wildman–Crippen MR) is 53.7 cm³/mol. The Labute approximate surface area is 82.5 Å². The Hall–Kier alpha value is -0.480.